The first-order valence-corrected chi connectivity index (χ1v) is 7.63. The van der Waals surface area contributed by atoms with Gasteiger partial charge in [0.25, 0.3) is 0 Å². The lowest BCUT2D eigenvalue weighted by Gasteiger charge is -2.15. The van der Waals surface area contributed by atoms with E-state index in [0.29, 0.717) is 12.5 Å². The molecule has 112 valence electrons. The summed E-state index contributed by atoms with van der Waals surface area (Å²) in [5.41, 5.74) is 4.59. The molecule has 1 aliphatic carbocycles. The first-order chi connectivity index (χ1) is 9.30. The van der Waals surface area contributed by atoms with Crippen molar-refractivity contribution in [3.8, 4) is 0 Å². The van der Waals surface area contributed by atoms with E-state index in [2.05, 4.69) is 4.72 Å². The Bertz CT molecular complexity index is 615. The first-order valence-electron chi connectivity index (χ1n) is 6.15. The molecule has 1 fully saturated rings. The standard InChI is InChI=1S/C12H16F2N2O3S/c13-8-5-9(14)11(6-10(8)15)20(18,19)16-7-12(1-2-12)3-4-17/h5-6,16-17H,1-4,7,15H2. The SMILES string of the molecule is Nc1cc(S(=O)(=O)NCC2(CCO)CC2)c(F)cc1F. The number of rotatable bonds is 6. The molecule has 1 aromatic carbocycles. The van der Waals surface area contributed by atoms with Gasteiger partial charge >= 0.3 is 0 Å². The zero-order valence-electron chi connectivity index (χ0n) is 10.7. The van der Waals surface area contributed by atoms with E-state index in [9.17, 15) is 17.2 Å². The summed E-state index contributed by atoms with van der Waals surface area (Å²) >= 11 is 0. The van der Waals surface area contributed by atoms with Gasteiger partial charge in [-0.05, 0) is 30.7 Å². The summed E-state index contributed by atoms with van der Waals surface area (Å²) in [6, 6.07) is 1.21. The predicted octanol–water partition coefficient (Wildman–Crippen LogP) is 0.988. The highest BCUT2D eigenvalue weighted by atomic mass is 32.2. The van der Waals surface area contributed by atoms with Crippen molar-refractivity contribution in [2.24, 2.45) is 5.41 Å². The Balaban J connectivity index is 2.17. The highest BCUT2D eigenvalue weighted by Gasteiger charge is 2.42. The second-order valence-corrected chi connectivity index (χ2v) is 6.84. The zero-order valence-corrected chi connectivity index (χ0v) is 11.5. The highest BCUT2D eigenvalue weighted by Crippen LogP contribution is 2.48. The average molecular weight is 306 g/mol. The fourth-order valence-electron chi connectivity index (χ4n) is 2.01. The van der Waals surface area contributed by atoms with Gasteiger partial charge in [-0.3, -0.25) is 0 Å². The largest absolute Gasteiger partial charge is 0.396 e. The molecule has 8 heteroatoms. The molecule has 20 heavy (non-hydrogen) atoms. The molecular formula is C12H16F2N2O3S. The average Bonchev–Trinajstić information content (AvgIpc) is 3.12. The molecule has 1 aromatic rings. The zero-order chi connectivity index (χ0) is 15.0. The van der Waals surface area contributed by atoms with Crippen molar-refractivity contribution >= 4 is 15.7 Å². The molecule has 1 aliphatic rings. The van der Waals surface area contributed by atoms with Crippen molar-refractivity contribution in [3.05, 3.63) is 23.8 Å². The van der Waals surface area contributed by atoms with Crippen LogP contribution in [0.25, 0.3) is 0 Å². The van der Waals surface area contributed by atoms with Crippen LogP contribution in [-0.4, -0.2) is 26.7 Å². The quantitative estimate of drug-likeness (QED) is 0.683. The lowest BCUT2D eigenvalue weighted by atomic mass is 10.0. The van der Waals surface area contributed by atoms with E-state index >= 15 is 0 Å². The van der Waals surface area contributed by atoms with E-state index in [-0.39, 0.29) is 18.6 Å². The molecule has 0 spiro atoms. The number of nitrogens with one attached hydrogen (secondary N) is 1. The van der Waals surface area contributed by atoms with E-state index in [1.807, 2.05) is 0 Å². The van der Waals surface area contributed by atoms with Gasteiger partial charge in [0.05, 0.1) is 5.69 Å². The lowest BCUT2D eigenvalue weighted by molar-refractivity contribution is 0.249. The van der Waals surface area contributed by atoms with E-state index in [0.717, 1.165) is 18.9 Å². The first kappa shape index (κ1) is 15.1. The van der Waals surface area contributed by atoms with Crippen LogP contribution < -0.4 is 10.5 Å². The van der Waals surface area contributed by atoms with Gasteiger partial charge in [0.1, 0.15) is 16.5 Å². The number of sulfonamides is 1. The minimum atomic E-state index is -4.10. The Morgan fingerprint density at radius 3 is 2.50 bits per heavy atom. The number of benzene rings is 1. The fourth-order valence-corrected chi connectivity index (χ4v) is 3.26. The summed E-state index contributed by atoms with van der Waals surface area (Å²) in [7, 11) is -4.10. The van der Waals surface area contributed by atoms with Crippen molar-refractivity contribution < 1.29 is 22.3 Å². The fraction of sp³-hybridized carbons (Fsp3) is 0.500. The normalized spacial score (nSPS) is 17.1. The van der Waals surface area contributed by atoms with Crippen molar-refractivity contribution in [2.75, 3.05) is 18.9 Å². The summed E-state index contributed by atoms with van der Waals surface area (Å²) in [5, 5.41) is 8.90. The summed E-state index contributed by atoms with van der Waals surface area (Å²) in [6.07, 6.45) is 2.11. The Kier molecular flexibility index (Phi) is 3.99. The molecular weight excluding hydrogens is 290 g/mol. The molecule has 4 N–H and O–H groups in total. The Morgan fingerprint density at radius 1 is 1.30 bits per heavy atom. The molecule has 0 aromatic heterocycles. The van der Waals surface area contributed by atoms with Crippen LogP contribution in [0.4, 0.5) is 14.5 Å². The van der Waals surface area contributed by atoms with Crippen LogP contribution in [0.3, 0.4) is 0 Å². The maximum absolute atomic E-state index is 13.6. The predicted molar refractivity (Wildman–Crippen MR) is 69.3 cm³/mol. The maximum Gasteiger partial charge on any atom is 0.243 e. The molecule has 2 rings (SSSR count). The minimum absolute atomic E-state index is 0.0282. The number of hydrogen-bond donors (Lipinski definition) is 3. The molecule has 0 atom stereocenters. The molecule has 0 unspecified atom stereocenters. The van der Waals surface area contributed by atoms with E-state index in [1.165, 1.54) is 0 Å². The third-order valence-electron chi connectivity index (χ3n) is 3.58. The van der Waals surface area contributed by atoms with Crippen LogP contribution in [0.2, 0.25) is 0 Å². The second-order valence-electron chi connectivity index (χ2n) is 5.10. The number of nitrogen functional groups attached to an aromatic ring is 1. The summed E-state index contributed by atoms with van der Waals surface area (Å²) in [4.78, 5) is -0.670. The number of nitrogens with two attached hydrogens (primary N) is 1. The highest BCUT2D eigenvalue weighted by molar-refractivity contribution is 7.89. The molecule has 0 amide bonds. The van der Waals surface area contributed by atoms with Gasteiger partial charge in [0.15, 0.2) is 0 Å². The van der Waals surface area contributed by atoms with Crippen molar-refractivity contribution in [3.63, 3.8) is 0 Å². The van der Waals surface area contributed by atoms with Gasteiger partial charge in [-0.1, -0.05) is 0 Å². The monoisotopic (exact) mass is 306 g/mol. The van der Waals surface area contributed by atoms with Crippen LogP contribution in [0.1, 0.15) is 19.3 Å². The van der Waals surface area contributed by atoms with E-state index in [1.54, 1.807) is 0 Å². The summed E-state index contributed by atoms with van der Waals surface area (Å²) in [6.45, 7) is 0.0895. The van der Waals surface area contributed by atoms with Gasteiger partial charge in [-0.25, -0.2) is 21.9 Å². The number of aliphatic hydroxyl groups excluding tert-OH is 1. The summed E-state index contributed by atoms with van der Waals surface area (Å²) < 4.78 is 52.9. The van der Waals surface area contributed by atoms with Crippen LogP contribution in [0, 0.1) is 17.0 Å². The molecule has 0 saturated heterocycles. The van der Waals surface area contributed by atoms with Gasteiger partial charge in [-0.15, -0.1) is 0 Å². The number of anilines is 1. The van der Waals surface area contributed by atoms with Crippen molar-refractivity contribution in [2.45, 2.75) is 24.2 Å². The van der Waals surface area contributed by atoms with Gasteiger partial charge in [0, 0.05) is 19.2 Å². The number of aliphatic hydroxyl groups is 1. The second kappa shape index (κ2) is 5.27. The van der Waals surface area contributed by atoms with E-state index in [4.69, 9.17) is 10.8 Å². The van der Waals surface area contributed by atoms with Crippen LogP contribution in [-0.2, 0) is 10.0 Å². The Morgan fingerprint density at radius 2 is 1.95 bits per heavy atom. The van der Waals surface area contributed by atoms with Crippen LogP contribution in [0.15, 0.2) is 17.0 Å². The molecule has 1 saturated carbocycles. The topological polar surface area (TPSA) is 92.4 Å². The molecule has 0 heterocycles. The third kappa shape index (κ3) is 3.08. The molecule has 0 bridgehead atoms. The lowest BCUT2D eigenvalue weighted by Crippen LogP contribution is -2.31. The third-order valence-corrected chi connectivity index (χ3v) is 4.99. The smallest absolute Gasteiger partial charge is 0.243 e. The minimum Gasteiger partial charge on any atom is -0.396 e. The number of halogens is 2. The Hall–Kier alpha value is -1.25. The van der Waals surface area contributed by atoms with Crippen molar-refractivity contribution in [1.29, 1.82) is 0 Å². The molecule has 0 radical (unpaired) electrons. The number of hydrogen-bond acceptors (Lipinski definition) is 4. The van der Waals surface area contributed by atoms with Gasteiger partial charge in [0.2, 0.25) is 10.0 Å². The van der Waals surface area contributed by atoms with E-state index < -0.39 is 32.2 Å². The van der Waals surface area contributed by atoms with Crippen LogP contribution in [0.5, 0.6) is 0 Å². The summed E-state index contributed by atoms with van der Waals surface area (Å²) in [5.74, 6) is -2.18. The van der Waals surface area contributed by atoms with Crippen LogP contribution >= 0.6 is 0 Å². The Labute approximate surface area is 115 Å². The maximum atomic E-state index is 13.6. The van der Waals surface area contributed by atoms with Gasteiger partial charge in [-0.2, -0.15) is 0 Å². The molecule has 0 aliphatic heterocycles. The van der Waals surface area contributed by atoms with Gasteiger partial charge < -0.3 is 10.8 Å². The van der Waals surface area contributed by atoms with Crippen molar-refractivity contribution in [1.82, 2.24) is 4.72 Å². The molecule has 5 nitrogen and oxygen atoms in total.